The molecule has 0 fully saturated rings. The summed E-state index contributed by atoms with van der Waals surface area (Å²) in [6, 6.07) is 3.73. The number of nitrogens with one attached hydrogen (secondary N) is 1. The lowest BCUT2D eigenvalue weighted by Crippen LogP contribution is -1.94. The Morgan fingerprint density at radius 3 is 2.89 bits per heavy atom. The first-order chi connectivity index (χ1) is 8.70. The van der Waals surface area contributed by atoms with Crippen LogP contribution in [0, 0.1) is 0 Å². The van der Waals surface area contributed by atoms with Gasteiger partial charge in [-0.3, -0.25) is 0 Å². The highest BCUT2D eigenvalue weighted by molar-refractivity contribution is 6.32. The number of fused-ring (bicyclic) bond motifs is 1. The molecular weight excluding hydrogens is 254 g/mol. The lowest BCUT2D eigenvalue weighted by atomic mass is 10.3. The Hall–Kier alpha value is -2.08. The van der Waals surface area contributed by atoms with Crippen molar-refractivity contribution >= 4 is 22.6 Å². The summed E-state index contributed by atoms with van der Waals surface area (Å²) in [5.41, 5.74) is 2.59. The van der Waals surface area contributed by atoms with E-state index >= 15 is 0 Å². The molecule has 0 aromatic carbocycles. The predicted molar refractivity (Wildman–Crippen MR) is 67.7 cm³/mol. The second-order valence-electron chi connectivity index (χ2n) is 3.81. The molecule has 0 aliphatic carbocycles. The second-order valence-corrected chi connectivity index (χ2v) is 4.22. The quantitative estimate of drug-likeness (QED) is 0.768. The van der Waals surface area contributed by atoms with Crippen LogP contribution in [0.3, 0.4) is 0 Å². The number of aromatic amines is 1. The molecule has 0 saturated carbocycles. The molecule has 7 heteroatoms. The van der Waals surface area contributed by atoms with E-state index in [0.29, 0.717) is 16.7 Å². The van der Waals surface area contributed by atoms with Crippen molar-refractivity contribution in [3.05, 3.63) is 23.5 Å². The van der Waals surface area contributed by atoms with E-state index in [4.69, 9.17) is 16.3 Å². The molecule has 0 aliphatic rings. The summed E-state index contributed by atoms with van der Waals surface area (Å²) >= 11 is 6.07. The van der Waals surface area contributed by atoms with E-state index in [1.165, 1.54) is 6.33 Å². The standard InChI is InChI=1S/C11H10ClN5O/c1-17-8-3-6(12)11(18-2)15-7(8)4-9(17)10-13-5-14-16-10/h3-5H,1-2H3,(H,13,14,16). The smallest absolute Gasteiger partial charge is 0.233 e. The Labute approximate surface area is 108 Å². The Morgan fingerprint density at radius 1 is 1.39 bits per heavy atom. The highest BCUT2D eigenvalue weighted by Gasteiger charge is 2.14. The Bertz CT molecular complexity index is 704. The SMILES string of the molecule is COc1nc2cc(-c3nnc[nH]3)n(C)c2cc1Cl. The molecule has 0 atom stereocenters. The average Bonchev–Trinajstić information content (AvgIpc) is 2.98. The number of hydrogen-bond donors (Lipinski definition) is 1. The highest BCUT2D eigenvalue weighted by Crippen LogP contribution is 2.30. The normalized spacial score (nSPS) is 11.1. The topological polar surface area (TPSA) is 68.6 Å². The fraction of sp³-hybridized carbons (Fsp3) is 0.182. The number of pyridine rings is 1. The van der Waals surface area contributed by atoms with Crippen molar-refractivity contribution in [2.24, 2.45) is 7.05 Å². The Balaban J connectivity index is 2.28. The van der Waals surface area contributed by atoms with Gasteiger partial charge in [-0.25, -0.2) is 4.98 Å². The van der Waals surface area contributed by atoms with Crippen molar-refractivity contribution in [2.75, 3.05) is 7.11 Å². The maximum atomic E-state index is 6.07. The molecule has 1 N–H and O–H groups in total. The van der Waals surface area contributed by atoms with E-state index in [2.05, 4.69) is 20.2 Å². The number of aromatic nitrogens is 5. The third-order valence-electron chi connectivity index (χ3n) is 2.80. The lowest BCUT2D eigenvalue weighted by molar-refractivity contribution is 0.400. The maximum Gasteiger partial charge on any atom is 0.233 e. The van der Waals surface area contributed by atoms with Gasteiger partial charge in [-0.2, -0.15) is 0 Å². The molecule has 18 heavy (non-hydrogen) atoms. The molecule has 0 spiro atoms. The van der Waals surface area contributed by atoms with Gasteiger partial charge >= 0.3 is 0 Å². The molecule has 0 bridgehead atoms. The minimum Gasteiger partial charge on any atom is -0.480 e. The average molecular weight is 264 g/mol. The van der Waals surface area contributed by atoms with Crippen molar-refractivity contribution in [2.45, 2.75) is 0 Å². The van der Waals surface area contributed by atoms with Crippen LogP contribution in [0.5, 0.6) is 5.88 Å². The zero-order chi connectivity index (χ0) is 12.7. The number of aryl methyl sites for hydroxylation is 1. The molecular formula is C11H10ClN5O. The van der Waals surface area contributed by atoms with Crippen LogP contribution >= 0.6 is 11.6 Å². The number of ether oxygens (including phenoxy) is 1. The van der Waals surface area contributed by atoms with Crippen molar-refractivity contribution in [1.82, 2.24) is 24.7 Å². The van der Waals surface area contributed by atoms with Crippen molar-refractivity contribution < 1.29 is 4.74 Å². The maximum absolute atomic E-state index is 6.07. The molecule has 0 saturated heterocycles. The van der Waals surface area contributed by atoms with Crippen molar-refractivity contribution in [1.29, 1.82) is 0 Å². The van der Waals surface area contributed by atoms with Gasteiger partial charge in [0, 0.05) is 7.05 Å². The molecule has 0 unspecified atom stereocenters. The molecule has 3 rings (SSSR count). The number of hydrogen-bond acceptors (Lipinski definition) is 4. The molecule has 3 heterocycles. The van der Waals surface area contributed by atoms with E-state index in [-0.39, 0.29) is 0 Å². The van der Waals surface area contributed by atoms with E-state index in [1.807, 2.05) is 23.7 Å². The van der Waals surface area contributed by atoms with Crippen LogP contribution in [0.25, 0.3) is 22.6 Å². The van der Waals surface area contributed by atoms with Crippen LogP contribution in [0.1, 0.15) is 0 Å². The number of rotatable bonds is 2. The monoisotopic (exact) mass is 263 g/mol. The zero-order valence-corrected chi connectivity index (χ0v) is 10.6. The first-order valence-electron chi connectivity index (χ1n) is 5.27. The summed E-state index contributed by atoms with van der Waals surface area (Å²) in [4.78, 5) is 7.31. The van der Waals surface area contributed by atoms with Gasteiger partial charge in [-0.1, -0.05) is 11.6 Å². The predicted octanol–water partition coefficient (Wildman–Crippen LogP) is 2.02. The minimum absolute atomic E-state index is 0.416. The fourth-order valence-electron chi connectivity index (χ4n) is 1.91. The summed E-state index contributed by atoms with van der Waals surface area (Å²) in [5.74, 6) is 1.10. The molecule has 0 amide bonds. The van der Waals surface area contributed by atoms with Crippen LogP contribution in [0.2, 0.25) is 5.02 Å². The van der Waals surface area contributed by atoms with Gasteiger partial charge in [0.25, 0.3) is 0 Å². The summed E-state index contributed by atoms with van der Waals surface area (Å²) < 4.78 is 7.06. The number of H-pyrrole nitrogens is 1. The van der Waals surface area contributed by atoms with Crippen molar-refractivity contribution in [3.8, 4) is 17.4 Å². The summed E-state index contributed by atoms with van der Waals surface area (Å²) in [5, 5.41) is 8.24. The summed E-state index contributed by atoms with van der Waals surface area (Å²) in [6.07, 6.45) is 1.54. The molecule has 0 aliphatic heterocycles. The Morgan fingerprint density at radius 2 is 2.22 bits per heavy atom. The summed E-state index contributed by atoms with van der Waals surface area (Å²) in [6.45, 7) is 0. The van der Waals surface area contributed by atoms with Gasteiger partial charge in [0.1, 0.15) is 11.3 Å². The van der Waals surface area contributed by atoms with Gasteiger partial charge in [-0.15, -0.1) is 10.2 Å². The van der Waals surface area contributed by atoms with Crippen LogP contribution in [-0.2, 0) is 7.05 Å². The third kappa shape index (κ3) is 1.53. The van der Waals surface area contributed by atoms with E-state index in [0.717, 1.165) is 16.7 Å². The molecule has 3 aromatic heterocycles. The van der Waals surface area contributed by atoms with Gasteiger partial charge in [0.15, 0.2) is 5.82 Å². The number of nitrogens with zero attached hydrogens (tertiary/aromatic N) is 4. The first kappa shape index (κ1) is 11.0. The van der Waals surface area contributed by atoms with Crippen LogP contribution in [-0.4, -0.2) is 31.8 Å². The molecule has 3 aromatic rings. The molecule has 6 nitrogen and oxygen atoms in total. The Kier molecular flexibility index (Phi) is 2.45. The van der Waals surface area contributed by atoms with Gasteiger partial charge < -0.3 is 14.3 Å². The van der Waals surface area contributed by atoms with Gasteiger partial charge in [0.2, 0.25) is 5.88 Å². The molecule has 0 radical (unpaired) electrons. The van der Waals surface area contributed by atoms with Gasteiger partial charge in [-0.05, 0) is 12.1 Å². The zero-order valence-electron chi connectivity index (χ0n) is 9.81. The number of methoxy groups -OCH3 is 1. The highest BCUT2D eigenvalue weighted by atomic mass is 35.5. The van der Waals surface area contributed by atoms with Crippen LogP contribution in [0.15, 0.2) is 18.5 Å². The summed E-state index contributed by atoms with van der Waals surface area (Å²) in [7, 11) is 3.46. The second kappa shape index (κ2) is 3.99. The third-order valence-corrected chi connectivity index (χ3v) is 3.07. The van der Waals surface area contributed by atoms with E-state index in [9.17, 15) is 0 Å². The fourth-order valence-corrected chi connectivity index (χ4v) is 2.13. The largest absolute Gasteiger partial charge is 0.480 e. The van der Waals surface area contributed by atoms with Crippen LogP contribution < -0.4 is 4.74 Å². The van der Waals surface area contributed by atoms with Crippen molar-refractivity contribution in [3.63, 3.8) is 0 Å². The lowest BCUT2D eigenvalue weighted by Gasteiger charge is -2.03. The van der Waals surface area contributed by atoms with E-state index < -0.39 is 0 Å². The van der Waals surface area contributed by atoms with Crippen LogP contribution in [0.4, 0.5) is 0 Å². The molecule has 92 valence electrons. The van der Waals surface area contributed by atoms with Gasteiger partial charge in [0.05, 0.1) is 23.8 Å². The van der Waals surface area contributed by atoms with E-state index in [1.54, 1.807) is 7.11 Å². The minimum atomic E-state index is 0.416. The number of halogens is 1. The first-order valence-corrected chi connectivity index (χ1v) is 5.65.